The lowest BCUT2D eigenvalue weighted by Gasteiger charge is -2.17. The molecule has 1 aliphatic rings. The van der Waals surface area contributed by atoms with Gasteiger partial charge in [-0.2, -0.15) is 5.10 Å². The molecule has 2 aromatic heterocycles. The lowest BCUT2D eigenvalue weighted by Crippen LogP contribution is -2.20. The summed E-state index contributed by atoms with van der Waals surface area (Å²) < 4.78 is 1.83. The number of anilines is 2. The van der Waals surface area contributed by atoms with Gasteiger partial charge in [-0.05, 0) is 18.4 Å². The van der Waals surface area contributed by atoms with Crippen LogP contribution in [0.5, 0.6) is 0 Å². The van der Waals surface area contributed by atoms with Crippen LogP contribution in [0.1, 0.15) is 13.3 Å². The molecule has 0 spiro atoms. The largest absolute Gasteiger partial charge is 0.373 e. The maximum Gasteiger partial charge on any atom is 0.180 e. The second-order valence-corrected chi connectivity index (χ2v) is 5.32. The average Bonchev–Trinajstić information content (AvgIpc) is 2.93. The van der Waals surface area contributed by atoms with Gasteiger partial charge >= 0.3 is 0 Å². The van der Waals surface area contributed by atoms with Gasteiger partial charge in [0.25, 0.3) is 0 Å². The van der Waals surface area contributed by atoms with Crippen molar-refractivity contribution in [2.75, 3.05) is 37.0 Å². The third kappa shape index (κ3) is 1.79. The first-order chi connectivity index (χ1) is 8.65. The zero-order valence-corrected chi connectivity index (χ0v) is 11.2. The van der Waals surface area contributed by atoms with Crippen LogP contribution >= 0.6 is 0 Å². The summed E-state index contributed by atoms with van der Waals surface area (Å²) in [6.45, 7) is 4.51. The minimum atomic E-state index is 0.765. The van der Waals surface area contributed by atoms with Gasteiger partial charge in [0.05, 0.1) is 6.20 Å². The van der Waals surface area contributed by atoms with Gasteiger partial charge in [-0.1, -0.05) is 6.92 Å². The van der Waals surface area contributed by atoms with Gasteiger partial charge in [-0.3, -0.25) is 0 Å². The van der Waals surface area contributed by atoms with E-state index >= 15 is 0 Å². The van der Waals surface area contributed by atoms with Crippen LogP contribution in [0, 0.1) is 5.92 Å². The van der Waals surface area contributed by atoms with Crippen LogP contribution in [-0.2, 0) is 0 Å². The molecule has 0 radical (unpaired) electrons. The molecule has 5 nitrogen and oxygen atoms in total. The Morgan fingerprint density at radius 1 is 1.39 bits per heavy atom. The van der Waals surface area contributed by atoms with Crippen molar-refractivity contribution < 1.29 is 0 Å². The van der Waals surface area contributed by atoms with Crippen molar-refractivity contribution in [3.05, 3.63) is 18.5 Å². The number of fused-ring (bicyclic) bond motifs is 1. The van der Waals surface area contributed by atoms with Crippen molar-refractivity contribution in [2.45, 2.75) is 13.3 Å². The van der Waals surface area contributed by atoms with E-state index in [0.29, 0.717) is 0 Å². The lowest BCUT2D eigenvalue weighted by molar-refractivity contribution is 0.659. The standard InChI is InChI=1S/C13H19N5/c1-10-4-6-17(9-10)12-5-7-18-13(15-12)11(8-14-18)16(2)3/h5,7-8,10H,4,6,9H2,1-3H3. The van der Waals surface area contributed by atoms with Crippen molar-refractivity contribution in [3.63, 3.8) is 0 Å². The van der Waals surface area contributed by atoms with Crippen molar-refractivity contribution in [1.29, 1.82) is 0 Å². The molecule has 3 rings (SSSR count). The Hall–Kier alpha value is -1.78. The monoisotopic (exact) mass is 245 g/mol. The molecule has 5 heteroatoms. The fraction of sp³-hybridized carbons (Fsp3) is 0.538. The molecule has 0 saturated carbocycles. The zero-order chi connectivity index (χ0) is 12.7. The molecule has 0 aliphatic carbocycles. The molecule has 2 aromatic rings. The number of hydrogen-bond donors (Lipinski definition) is 0. The van der Waals surface area contributed by atoms with E-state index in [1.165, 1.54) is 6.42 Å². The molecule has 0 amide bonds. The SMILES string of the molecule is CC1CCN(c2ccn3ncc(N(C)C)c3n2)C1. The lowest BCUT2D eigenvalue weighted by atomic mass is 10.2. The first-order valence-electron chi connectivity index (χ1n) is 6.42. The topological polar surface area (TPSA) is 36.7 Å². The fourth-order valence-electron chi connectivity index (χ4n) is 2.48. The highest BCUT2D eigenvalue weighted by atomic mass is 15.3. The van der Waals surface area contributed by atoms with Crippen LogP contribution in [0.25, 0.3) is 5.65 Å². The average molecular weight is 245 g/mol. The smallest absolute Gasteiger partial charge is 0.180 e. The van der Waals surface area contributed by atoms with Crippen LogP contribution in [0.3, 0.4) is 0 Å². The van der Waals surface area contributed by atoms with E-state index in [1.807, 2.05) is 35.9 Å². The maximum absolute atomic E-state index is 4.76. The molecule has 96 valence electrons. The maximum atomic E-state index is 4.76. The molecular weight excluding hydrogens is 226 g/mol. The molecule has 0 N–H and O–H groups in total. The Bertz CT molecular complexity index is 560. The highest BCUT2D eigenvalue weighted by Crippen LogP contribution is 2.24. The van der Waals surface area contributed by atoms with Gasteiger partial charge in [0, 0.05) is 33.4 Å². The second-order valence-electron chi connectivity index (χ2n) is 5.32. The van der Waals surface area contributed by atoms with E-state index in [0.717, 1.165) is 36.2 Å². The summed E-state index contributed by atoms with van der Waals surface area (Å²) in [6, 6.07) is 2.05. The minimum absolute atomic E-state index is 0.765. The summed E-state index contributed by atoms with van der Waals surface area (Å²) >= 11 is 0. The highest BCUT2D eigenvalue weighted by molar-refractivity contribution is 5.69. The molecular formula is C13H19N5. The third-order valence-corrected chi connectivity index (χ3v) is 3.57. The molecule has 1 atom stereocenters. The Morgan fingerprint density at radius 2 is 2.22 bits per heavy atom. The quantitative estimate of drug-likeness (QED) is 0.806. The summed E-state index contributed by atoms with van der Waals surface area (Å²) in [5, 5.41) is 4.32. The van der Waals surface area contributed by atoms with Crippen LogP contribution in [0.2, 0.25) is 0 Å². The molecule has 18 heavy (non-hydrogen) atoms. The van der Waals surface area contributed by atoms with Gasteiger partial charge in [-0.25, -0.2) is 9.50 Å². The normalized spacial score (nSPS) is 19.7. The van der Waals surface area contributed by atoms with E-state index in [2.05, 4.69) is 23.0 Å². The molecule has 1 saturated heterocycles. The van der Waals surface area contributed by atoms with Crippen molar-refractivity contribution >= 4 is 17.2 Å². The summed E-state index contributed by atoms with van der Waals surface area (Å²) in [4.78, 5) is 9.16. The van der Waals surface area contributed by atoms with Gasteiger partial charge in [0.15, 0.2) is 5.65 Å². The Morgan fingerprint density at radius 3 is 2.89 bits per heavy atom. The van der Waals surface area contributed by atoms with Crippen LogP contribution in [0.15, 0.2) is 18.5 Å². The number of rotatable bonds is 2. The van der Waals surface area contributed by atoms with Gasteiger partial charge in [-0.15, -0.1) is 0 Å². The van der Waals surface area contributed by atoms with Gasteiger partial charge in [0.2, 0.25) is 0 Å². The second kappa shape index (κ2) is 4.15. The van der Waals surface area contributed by atoms with E-state index in [4.69, 9.17) is 4.98 Å². The van der Waals surface area contributed by atoms with Crippen molar-refractivity contribution in [3.8, 4) is 0 Å². The van der Waals surface area contributed by atoms with Crippen LogP contribution < -0.4 is 9.80 Å². The summed E-state index contributed by atoms with van der Waals surface area (Å²) in [7, 11) is 4.03. The summed E-state index contributed by atoms with van der Waals surface area (Å²) in [6.07, 6.45) is 5.11. The van der Waals surface area contributed by atoms with E-state index < -0.39 is 0 Å². The van der Waals surface area contributed by atoms with E-state index in [9.17, 15) is 0 Å². The first kappa shape index (κ1) is 11.3. The Labute approximate surface area is 107 Å². The Kier molecular flexibility index (Phi) is 2.61. The summed E-state index contributed by atoms with van der Waals surface area (Å²) in [5.41, 5.74) is 1.99. The number of hydrogen-bond acceptors (Lipinski definition) is 4. The number of aromatic nitrogens is 3. The zero-order valence-electron chi connectivity index (χ0n) is 11.2. The van der Waals surface area contributed by atoms with Crippen LogP contribution in [0.4, 0.5) is 11.5 Å². The van der Waals surface area contributed by atoms with Crippen molar-refractivity contribution in [1.82, 2.24) is 14.6 Å². The van der Waals surface area contributed by atoms with Gasteiger partial charge in [0.1, 0.15) is 11.5 Å². The first-order valence-corrected chi connectivity index (χ1v) is 6.42. The van der Waals surface area contributed by atoms with E-state index in [-0.39, 0.29) is 0 Å². The Balaban J connectivity index is 2.01. The molecule has 0 bridgehead atoms. The van der Waals surface area contributed by atoms with Gasteiger partial charge < -0.3 is 9.80 Å². The predicted octanol–water partition coefficient (Wildman–Crippen LogP) is 1.64. The fourth-order valence-corrected chi connectivity index (χ4v) is 2.48. The highest BCUT2D eigenvalue weighted by Gasteiger charge is 2.20. The molecule has 1 unspecified atom stereocenters. The van der Waals surface area contributed by atoms with E-state index in [1.54, 1.807) is 0 Å². The summed E-state index contributed by atoms with van der Waals surface area (Å²) in [5.74, 6) is 1.83. The molecule has 1 aliphatic heterocycles. The molecule has 0 aromatic carbocycles. The number of nitrogens with zero attached hydrogens (tertiary/aromatic N) is 5. The predicted molar refractivity (Wildman–Crippen MR) is 73.3 cm³/mol. The third-order valence-electron chi connectivity index (χ3n) is 3.57. The van der Waals surface area contributed by atoms with Crippen molar-refractivity contribution in [2.24, 2.45) is 5.92 Å². The minimum Gasteiger partial charge on any atom is -0.373 e. The van der Waals surface area contributed by atoms with Crippen LogP contribution in [-0.4, -0.2) is 41.8 Å². The molecule has 1 fully saturated rings. The molecule has 3 heterocycles.